The summed E-state index contributed by atoms with van der Waals surface area (Å²) >= 11 is 0. The summed E-state index contributed by atoms with van der Waals surface area (Å²) in [5.41, 5.74) is 1.46. The van der Waals surface area contributed by atoms with Gasteiger partial charge < -0.3 is 9.47 Å². The van der Waals surface area contributed by atoms with Gasteiger partial charge in [0, 0.05) is 6.42 Å². The summed E-state index contributed by atoms with van der Waals surface area (Å²) in [6.45, 7) is 4.86. The molecule has 0 saturated heterocycles. The maximum Gasteiger partial charge on any atom is 0.311 e. The van der Waals surface area contributed by atoms with Crippen molar-refractivity contribution in [3.63, 3.8) is 0 Å². The summed E-state index contributed by atoms with van der Waals surface area (Å²) in [7, 11) is 0. The molecule has 192 valence electrons. The summed E-state index contributed by atoms with van der Waals surface area (Å²) < 4.78 is 10.9. The van der Waals surface area contributed by atoms with Crippen molar-refractivity contribution in [1.82, 2.24) is 0 Å². The number of unbranched alkanes of at least 4 members (excludes halogenated alkanes) is 12. The maximum atomic E-state index is 12.1. The zero-order valence-electron chi connectivity index (χ0n) is 21.8. The van der Waals surface area contributed by atoms with E-state index in [-0.39, 0.29) is 5.97 Å². The molecule has 0 heterocycles. The van der Waals surface area contributed by atoms with Crippen LogP contribution in [0.25, 0.3) is 0 Å². The third kappa shape index (κ3) is 13.7. The van der Waals surface area contributed by atoms with E-state index in [2.05, 4.69) is 17.2 Å². The monoisotopic (exact) mass is 480 g/mol. The van der Waals surface area contributed by atoms with Crippen LogP contribution in [0.1, 0.15) is 104 Å². The average molecular weight is 481 g/mol. The molecule has 5 nitrogen and oxygen atoms in total. The van der Waals surface area contributed by atoms with Crippen LogP contribution < -0.4 is 9.47 Å². The normalized spacial score (nSPS) is 11.1. The van der Waals surface area contributed by atoms with Crippen molar-refractivity contribution < 1.29 is 14.3 Å². The quantitative estimate of drug-likeness (QED) is 0.0869. The lowest BCUT2D eigenvalue weighted by molar-refractivity contribution is -0.134. The van der Waals surface area contributed by atoms with Gasteiger partial charge in [-0.1, -0.05) is 84.0 Å². The van der Waals surface area contributed by atoms with Crippen LogP contribution in [0.3, 0.4) is 0 Å². The van der Waals surface area contributed by atoms with Crippen molar-refractivity contribution in [1.29, 1.82) is 0 Å². The lowest BCUT2D eigenvalue weighted by Crippen LogP contribution is -2.07. The highest BCUT2D eigenvalue weighted by Gasteiger charge is 2.05. The highest BCUT2D eigenvalue weighted by Crippen LogP contribution is 2.23. The van der Waals surface area contributed by atoms with Gasteiger partial charge in [0.05, 0.1) is 18.0 Å². The van der Waals surface area contributed by atoms with E-state index in [1.54, 1.807) is 24.3 Å². The van der Waals surface area contributed by atoms with Gasteiger partial charge in [-0.05, 0) is 61.9 Å². The van der Waals surface area contributed by atoms with E-state index >= 15 is 0 Å². The third-order valence-electron chi connectivity index (χ3n) is 5.98. The van der Waals surface area contributed by atoms with Crippen molar-refractivity contribution in [2.45, 2.75) is 104 Å². The first-order chi connectivity index (χ1) is 17.2. The van der Waals surface area contributed by atoms with E-state index in [1.807, 2.05) is 31.2 Å². The molecule has 0 aliphatic carbocycles. The third-order valence-corrected chi connectivity index (χ3v) is 5.98. The number of rotatable bonds is 19. The van der Waals surface area contributed by atoms with Crippen LogP contribution in [0, 0.1) is 0 Å². The van der Waals surface area contributed by atoms with Crippen LogP contribution in [0.2, 0.25) is 0 Å². The fourth-order valence-corrected chi connectivity index (χ4v) is 3.94. The van der Waals surface area contributed by atoms with Crippen LogP contribution in [-0.4, -0.2) is 12.6 Å². The van der Waals surface area contributed by atoms with E-state index in [0.717, 1.165) is 24.3 Å². The maximum absolute atomic E-state index is 12.1. The minimum atomic E-state index is -0.170. The van der Waals surface area contributed by atoms with E-state index < -0.39 is 0 Å². The van der Waals surface area contributed by atoms with Crippen molar-refractivity contribution in [2.24, 2.45) is 10.2 Å². The molecule has 0 amide bonds. The molecule has 2 aromatic carbocycles. The summed E-state index contributed by atoms with van der Waals surface area (Å²) in [6, 6.07) is 14.6. The Morgan fingerprint density at radius 1 is 0.600 bits per heavy atom. The largest absolute Gasteiger partial charge is 0.494 e. The molecular formula is C30H44N2O3. The number of carbonyl (C=O) groups is 1. The molecule has 2 rings (SSSR count). The average Bonchev–Trinajstić information content (AvgIpc) is 2.87. The van der Waals surface area contributed by atoms with E-state index in [9.17, 15) is 4.79 Å². The van der Waals surface area contributed by atoms with Gasteiger partial charge in [0.25, 0.3) is 0 Å². The molecule has 0 spiro atoms. The Kier molecular flexibility index (Phi) is 15.2. The van der Waals surface area contributed by atoms with Crippen LogP contribution in [0.4, 0.5) is 11.4 Å². The Morgan fingerprint density at radius 3 is 1.49 bits per heavy atom. The van der Waals surface area contributed by atoms with Gasteiger partial charge in [0.1, 0.15) is 11.5 Å². The molecule has 5 heteroatoms. The van der Waals surface area contributed by atoms with E-state index in [0.29, 0.717) is 24.5 Å². The molecule has 0 saturated carbocycles. The first kappa shape index (κ1) is 28.5. The molecule has 0 aliphatic rings. The predicted molar refractivity (Wildman–Crippen MR) is 144 cm³/mol. The highest BCUT2D eigenvalue weighted by atomic mass is 16.5. The van der Waals surface area contributed by atoms with Gasteiger partial charge in [0.2, 0.25) is 0 Å². The molecule has 35 heavy (non-hydrogen) atoms. The Bertz CT molecular complexity index is 832. The number of benzene rings is 2. The smallest absolute Gasteiger partial charge is 0.311 e. The summed E-state index contributed by atoms with van der Waals surface area (Å²) in [5, 5.41) is 8.46. The SMILES string of the molecule is CCCCCCCCCCCCCCCC(=O)Oc1ccc(N=Nc2ccc(OCC)cc2)cc1. The summed E-state index contributed by atoms with van der Waals surface area (Å²) in [6.07, 6.45) is 17.3. The fraction of sp³-hybridized carbons (Fsp3) is 0.567. The Balaban J connectivity index is 1.52. The lowest BCUT2D eigenvalue weighted by atomic mass is 10.0. The second-order valence-corrected chi connectivity index (χ2v) is 9.09. The first-order valence-electron chi connectivity index (χ1n) is 13.7. The van der Waals surface area contributed by atoms with Gasteiger partial charge in [-0.3, -0.25) is 4.79 Å². The summed E-state index contributed by atoms with van der Waals surface area (Å²) in [4.78, 5) is 12.1. The molecule has 0 radical (unpaired) electrons. The number of hydrogen-bond donors (Lipinski definition) is 0. The molecule has 0 N–H and O–H groups in total. The molecule has 0 fully saturated rings. The topological polar surface area (TPSA) is 60.2 Å². The number of ether oxygens (including phenoxy) is 2. The van der Waals surface area contributed by atoms with Crippen LogP contribution >= 0.6 is 0 Å². The van der Waals surface area contributed by atoms with Gasteiger partial charge in [0.15, 0.2) is 0 Å². The standard InChI is InChI=1S/C30H44N2O3/c1-3-5-6-7-8-9-10-11-12-13-14-15-16-17-30(33)35-29-24-20-27(21-25-29)32-31-26-18-22-28(23-19-26)34-4-2/h18-25H,3-17H2,1-2H3. The van der Waals surface area contributed by atoms with E-state index in [1.165, 1.54) is 70.6 Å². The summed E-state index contributed by atoms with van der Waals surface area (Å²) in [5.74, 6) is 1.19. The van der Waals surface area contributed by atoms with Crippen molar-refractivity contribution >= 4 is 17.3 Å². The van der Waals surface area contributed by atoms with Crippen molar-refractivity contribution in [2.75, 3.05) is 6.61 Å². The molecule has 0 aliphatic heterocycles. The van der Waals surface area contributed by atoms with Crippen LogP contribution in [0.5, 0.6) is 11.5 Å². The predicted octanol–water partition coefficient (Wildman–Crippen LogP) is 9.89. The Labute approximate surface area is 212 Å². The minimum absolute atomic E-state index is 0.170. The molecule has 0 aromatic heterocycles. The second kappa shape index (κ2) is 18.6. The molecule has 0 unspecified atom stereocenters. The first-order valence-corrected chi connectivity index (χ1v) is 13.7. The zero-order chi connectivity index (χ0) is 25.0. The number of hydrogen-bond acceptors (Lipinski definition) is 5. The van der Waals surface area contributed by atoms with Crippen LogP contribution in [-0.2, 0) is 4.79 Å². The zero-order valence-corrected chi connectivity index (χ0v) is 21.8. The van der Waals surface area contributed by atoms with Gasteiger partial charge >= 0.3 is 5.97 Å². The molecule has 0 atom stereocenters. The number of carbonyl (C=O) groups excluding carboxylic acids is 1. The van der Waals surface area contributed by atoms with Gasteiger partial charge in [-0.15, -0.1) is 0 Å². The second-order valence-electron chi connectivity index (χ2n) is 9.09. The Hall–Kier alpha value is -2.69. The van der Waals surface area contributed by atoms with Crippen LogP contribution in [0.15, 0.2) is 58.8 Å². The Morgan fingerprint density at radius 2 is 1.03 bits per heavy atom. The van der Waals surface area contributed by atoms with Crippen molar-refractivity contribution in [3.8, 4) is 11.5 Å². The minimum Gasteiger partial charge on any atom is -0.494 e. The number of esters is 1. The molecule has 2 aromatic rings. The molecular weight excluding hydrogens is 436 g/mol. The fourth-order valence-electron chi connectivity index (χ4n) is 3.94. The number of azo groups is 1. The van der Waals surface area contributed by atoms with Gasteiger partial charge in [-0.2, -0.15) is 10.2 Å². The van der Waals surface area contributed by atoms with E-state index in [4.69, 9.17) is 9.47 Å². The van der Waals surface area contributed by atoms with Gasteiger partial charge in [-0.25, -0.2) is 0 Å². The number of nitrogens with zero attached hydrogens (tertiary/aromatic N) is 2. The highest BCUT2D eigenvalue weighted by molar-refractivity contribution is 5.72. The van der Waals surface area contributed by atoms with Crippen molar-refractivity contribution in [3.05, 3.63) is 48.5 Å². The molecule has 0 bridgehead atoms. The lowest BCUT2D eigenvalue weighted by Gasteiger charge is -2.05.